The fourth-order valence-electron chi connectivity index (χ4n) is 1.48. The van der Waals surface area contributed by atoms with E-state index in [0.29, 0.717) is 6.37 Å². The highest BCUT2D eigenvalue weighted by Gasteiger charge is 2.10. The molecule has 1 atom stereocenters. The van der Waals surface area contributed by atoms with Crippen LogP contribution in [0.15, 0.2) is 24.4 Å². The summed E-state index contributed by atoms with van der Waals surface area (Å²) in [6, 6.07) is 6.07. The van der Waals surface area contributed by atoms with E-state index in [2.05, 4.69) is 39.0 Å². The zero-order chi connectivity index (χ0) is 10.8. The van der Waals surface area contributed by atoms with Gasteiger partial charge in [0.1, 0.15) is 0 Å². The van der Waals surface area contributed by atoms with Gasteiger partial charge in [-0.1, -0.05) is 6.07 Å². The van der Waals surface area contributed by atoms with Gasteiger partial charge in [0, 0.05) is 5.69 Å². The van der Waals surface area contributed by atoms with Crippen molar-refractivity contribution in [3.05, 3.63) is 35.7 Å². The Bertz CT molecular complexity index is 481. The van der Waals surface area contributed by atoms with E-state index in [4.69, 9.17) is 0 Å². The Morgan fingerprint density at radius 3 is 2.80 bits per heavy atom. The minimum Gasteiger partial charge on any atom is -0.251 e. The minimum absolute atomic E-state index is 0.608. The SMILES string of the molecule is Cc1cccc(-c2c(C)cnn2PI)n1. The van der Waals surface area contributed by atoms with Crippen LogP contribution in [0.5, 0.6) is 0 Å². The van der Waals surface area contributed by atoms with Crippen LogP contribution in [0.1, 0.15) is 11.3 Å². The van der Waals surface area contributed by atoms with E-state index in [0.717, 1.165) is 17.1 Å². The highest BCUT2D eigenvalue weighted by atomic mass is 127. The molecule has 78 valence electrons. The molecule has 0 radical (unpaired) electrons. The van der Waals surface area contributed by atoms with Crippen LogP contribution in [0.25, 0.3) is 11.4 Å². The predicted octanol–water partition coefficient (Wildman–Crippen LogP) is 3.35. The lowest BCUT2D eigenvalue weighted by Gasteiger charge is -2.05. The smallest absolute Gasteiger partial charge is 0.0942 e. The van der Waals surface area contributed by atoms with Crippen LogP contribution in [-0.4, -0.2) is 14.5 Å². The average molecular weight is 331 g/mol. The molecule has 0 bridgehead atoms. The van der Waals surface area contributed by atoms with Gasteiger partial charge in [-0.3, -0.25) is 4.98 Å². The molecule has 15 heavy (non-hydrogen) atoms. The topological polar surface area (TPSA) is 30.7 Å². The first-order valence-corrected chi connectivity index (χ1v) is 8.64. The van der Waals surface area contributed by atoms with Crippen molar-refractivity contribution in [2.24, 2.45) is 0 Å². The summed E-state index contributed by atoms with van der Waals surface area (Å²) in [7, 11) is 0. The van der Waals surface area contributed by atoms with Crippen LogP contribution in [-0.2, 0) is 0 Å². The van der Waals surface area contributed by atoms with Crippen molar-refractivity contribution >= 4 is 28.4 Å². The molecule has 0 aromatic carbocycles. The average Bonchev–Trinajstić information content (AvgIpc) is 2.59. The summed E-state index contributed by atoms with van der Waals surface area (Å²) in [5.41, 5.74) is 4.36. The summed E-state index contributed by atoms with van der Waals surface area (Å²) in [5, 5.41) is 4.32. The number of nitrogens with zero attached hydrogens (tertiary/aromatic N) is 3. The number of halogens is 1. The van der Waals surface area contributed by atoms with Crippen LogP contribution in [0.4, 0.5) is 0 Å². The second-order valence-corrected chi connectivity index (χ2v) is 5.38. The number of aryl methyl sites for hydroxylation is 2. The van der Waals surface area contributed by atoms with Gasteiger partial charge in [0.15, 0.2) is 0 Å². The van der Waals surface area contributed by atoms with E-state index in [1.54, 1.807) is 0 Å². The molecule has 0 spiro atoms. The highest BCUT2D eigenvalue weighted by Crippen LogP contribution is 2.31. The molecule has 2 aromatic rings. The van der Waals surface area contributed by atoms with Crippen molar-refractivity contribution in [1.82, 2.24) is 14.5 Å². The van der Waals surface area contributed by atoms with Crippen LogP contribution < -0.4 is 0 Å². The third-order valence-corrected chi connectivity index (χ3v) is 4.03. The van der Waals surface area contributed by atoms with E-state index in [-0.39, 0.29) is 0 Å². The van der Waals surface area contributed by atoms with Crippen molar-refractivity contribution in [1.29, 1.82) is 0 Å². The Morgan fingerprint density at radius 1 is 1.33 bits per heavy atom. The Balaban J connectivity index is 2.57. The van der Waals surface area contributed by atoms with Gasteiger partial charge in [0.25, 0.3) is 0 Å². The Hall–Kier alpha value is -0.480. The maximum Gasteiger partial charge on any atom is 0.0942 e. The molecule has 0 saturated carbocycles. The number of rotatable bonds is 2. The standard InChI is InChI=1S/C10H11IN3P/c1-7-6-12-14(15-11)10(7)9-5-3-4-8(2)13-9/h3-6,15H,1-2H3. The molecule has 1 unspecified atom stereocenters. The van der Waals surface area contributed by atoms with Gasteiger partial charge < -0.3 is 0 Å². The summed E-state index contributed by atoms with van der Waals surface area (Å²) in [5.74, 6) is 0. The maximum atomic E-state index is 4.53. The quantitative estimate of drug-likeness (QED) is 0.624. The number of hydrogen-bond acceptors (Lipinski definition) is 2. The number of pyridine rings is 1. The fraction of sp³-hybridized carbons (Fsp3) is 0.200. The molecule has 2 heterocycles. The second-order valence-electron chi connectivity index (χ2n) is 3.34. The normalized spacial score (nSPS) is 11.4. The van der Waals surface area contributed by atoms with Crippen molar-refractivity contribution in [2.75, 3.05) is 0 Å². The third kappa shape index (κ3) is 2.21. The predicted molar refractivity (Wildman–Crippen MR) is 72.7 cm³/mol. The zero-order valence-electron chi connectivity index (χ0n) is 8.53. The zero-order valence-corrected chi connectivity index (χ0v) is 11.7. The van der Waals surface area contributed by atoms with Crippen LogP contribution in [0, 0.1) is 13.8 Å². The second kappa shape index (κ2) is 4.58. The lowest BCUT2D eigenvalue weighted by atomic mass is 10.2. The molecule has 5 heteroatoms. The van der Waals surface area contributed by atoms with Crippen molar-refractivity contribution in [2.45, 2.75) is 13.8 Å². The van der Waals surface area contributed by atoms with Gasteiger partial charge in [-0.25, -0.2) is 4.45 Å². The molecular weight excluding hydrogens is 320 g/mol. The molecule has 2 rings (SSSR count). The summed E-state index contributed by atoms with van der Waals surface area (Å²) in [6.07, 6.45) is 2.50. The van der Waals surface area contributed by atoms with E-state index in [1.807, 2.05) is 35.8 Å². The fourth-order valence-corrected chi connectivity index (χ4v) is 3.05. The van der Waals surface area contributed by atoms with Crippen molar-refractivity contribution in [3.8, 4) is 11.4 Å². The Morgan fingerprint density at radius 2 is 2.13 bits per heavy atom. The van der Waals surface area contributed by atoms with Crippen LogP contribution in [0.3, 0.4) is 0 Å². The van der Waals surface area contributed by atoms with Gasteiger partial charge >= 0.3 is 0 Å². The lowest BCUT2D eigenvalue weighted by molar-refractivity contribution is 1.01. The summed E-state index contributed by atoms with van der Waals surface area (Å²) < 4.78 is 2.00. The van der Waals surface area contributed by atoms with Gasteiger partial charge in [0.05, 0.1) is 24.0 Å². The van der Waals surface area contributed by atoms with Gasteiger partial charge in [-0.05, 0) is 53.6 Å². The van der Waals surface area contributed by atoms with Crippen molar-refractivity contribution < 1.29 is 0 Å². The van der Waals surface area contributed by atoms with Crippen molar-refractivity contribution in [3.63, 3.8) is 0 Å². The first-order chi connectivity index (χ1) is 7.22. The minimum atomic E-state index is 0.608. The molecule has 0 fully saturated rings. The third-order valence-electron chi connectivity index (χ3n) is 2.16. The summed E-state index contributed by atoms with van der Waals surface area (Å²) in [6.45, 7) is 4.07. The molecule has 0 N–H and O–H groups in total. The summed E-state index contributed by atoms with van der Waals surface area (Å²) in [4.78, 5) is 4.53. The lowest BCUT2D eigenvalue weighted by Crippen LogP contribution is -1.93. The highest BCUT2D eigenvalue weighted by molar-refractivity contribution is 14.2. The monoisotopic (exact) mass is 331 g/mol. The Labute approximate surface area is 104 Å². The van der Waals surface area contributed by atoms with Crippen LogP contribution in [0.2, 0.25) is 0 Å². The molecular formula is C10H11IN3P. The molecule has 0 aliphatic carbocycles. The first kappa shape index (κ1) is 11.0. The van der Waals surface area contributed by atoms with Gasteiger partial charge in [0.2, 0.25) is 0 Å². The molecule has 3 nitrogen and oxygen atoms in total. The van der Waals surface area contributed by atoms with Gasteiger partial charge in [-0.15, -0.1) is 0 Å². The first-order valence-electron chi connectivity index (χ1n) is 4.57. The summed E-state index contributed by atoms with van der Waals surface area (Å²) >= 11 is 2.33. The van der Waals surface area contributed by atoms with E-state index in [1.165, 1.54) is 5.56 Å². The van der Waals surface area contributed by atoms with Gasteiger partial charge in [-0.2, -0.15) is 5.10 Å². The Kier molecular flexibility index (Phi) is 3.36. The molecule has 0 aliphatic heterocycles. The molecule has 0 saturated heterocycles. The maximum absolute atomic E-state index is 4.53. The largest absolute Gasteiger partial charge is 0.251 e. The number of hydrogen-bond donors (Lipinski definition) is 0. The van der Waals surface area contributed by atoms with E-state index in [9.17, 15) is 0 Å². The van der Waals surface area contributed by atoms with E-state index < -0.39 is 0 Å². The number of aromatic nitrogens is 3. The molecule has 0 amide bonds. The molecule has 2 aromatic heterocycles. The van der Waals surface area contributed by atoms with Crippen LogP contribution >= 0.6 is 28.4 Å². The molecule has 0 aliphatic rings. The van der Waals surface area contributed by atoms with E-state index >= 15 is 0 Å².